The molecule has 0 aromatic heterocycles. The lowest BCUT2D eigenvalue weighted by Gasteiger charge is -2.43. The van der Waals surface area contributed by atoms with Crippen molar-refractivity contribution >= 4 is 39.5 Å². The number of imide groups is 1. The number of hydrogen-bond acceptors (Lipinski definition) is 3. The molecule has 1 spiro atoms. The van der Waals surface area contributed by atoms with Crippen molar-refractivity contribution < 1.29 is 14.4 Å². The molecule has 1 aliphatic carbocycles. The smallest absolute Gasteiger partial charge is 0.325 e. The maximum atomic E-state index is 13.1. The van der Waals surface area contributed by atoms with Crippen LogP contribution in [0.5, 0.6) is 0 Å². The molecule has 1 aliphatic heterocycles. The van der Waals surface area contributed by atoms with Crippen LogP contribution in [-0.2, 0) is 9.59 Å². The van der Waals surface area contributed by atoms with Gasteiger partial charge in [-0.2, -0.15) is 0 Å². The van der Waals surface area contributed by atoms with E-state index < -0.39 is 11.6 Å². The first kappa shape index (κ1) is 19.9. The number of rotatable bonds is 3. The van der Waals surface area contributed by atoms with Gasteiger partial charge in [0, 0.05) is 10.2 Å². The molecular formula is C20H26BrN3O3. The summed E-state index contributed by atoms with van der Waals surface area (Å²) >= 11 is 3.42. The number of carbonyl (C=O) groups excluding carboxylic acids is 3. The third-order valence-corrected chi connectivity index (χ3v) is 6.26. The molecule has 1 heterocycles. The summed E-state index contributed by atoms with van der Waals surface area (Å²) in [6.07, 6.45) is 2.23. The molecular weight excluding hydrogens is 410 g/mol. The average Bonchev–Trinajstić information content (AvgIpc) is 2.72. The van der Waals surface area contributed by atoms with Crippen molar-refractivity contribution in [1.29, 1.82) is 0 Å². The summed E-state index contributed by atoms with van der Waals surface area (Å²) in [6.45, 7) is 7.99. The second-order valence-corrected chi connectivity index (χ2v) is 9.62. The normalized spacial score (nSPS) is 27.0. The van der Waals surface area contributed by atoms with Gasteiger partial charge in [0.15, 0.2) is 0 Å². The number of aryl methyl sites for hydroxylation is 1. The number of amides is 4. The van der Waals surface area contributed by atoms with Crippen molar-refractivity contribution in [3.05, 3.63) is 28.2 Å². The summed E-state index contributed by atoms with van der Waals surface area (Å²) in [4.78, 5) is 39.0. The standard InChI is InChI=1S/C20H26BrN3O3/c1-12-8-19(3,4)11-20(9-12)17(26)24(18(27)23-20)10-16(25)22-14-5-6-15(21)13(2)7-14/h5-7,12H,8-11H2,1-4H3,(H,22,25)(H,23,27). The van der Waals surface area contributed by atoms with Gasteiger partial charge in [-0.15, -0.1) is 0 Å². The Kier molecular flexibility index (Phi) is 5.10. The Morgan fingerprint density at radius 3 is 2.67 bits per heavy atom. The quantitative estimate of drug-likeness (QED) is 0.707. The van der Waals surface area contributed by atoms with Crippen LogP contribution in [0.4, 0.5) is 10.5 Å². The van der Waals surface area contributed by atoms with E-state index in [9.17, 15) is 14.4 Å². The maximum absolute atomic E-state index is 13.1. The van der Waals surface area contributed by atoms with E-state index in [1.807, 2.05) is 19.1 Å². The van der Waals surface area contributed by atoms with Gasteiger partial charge in [0.05, 0.1) is 0 Å². The average molecular weight is 436 g/mol. The third-order valence-electron chi connectivity index (χ3n) is 5.37. The van der Waals surface area contributed by atoms with Gasteiger partial charge in [-0.3, -0.25) is 14.5 Å². The molecule has 2 fully saturated rings. The molecule has 2 aliphatic rings. The van der Waals surface area contributed by atoms with Crippen LogP contribution < -0.4 is 10.6 Å². The number of hydrogen-bond donors (Lipinski definition) is 2. The lowest BCUT2D eigenvalue weighted by molar-refractivity contribution is -0.136. The molecule has 0 bridgehead atoms. The van der Waals surface area contributed by atoms with E-state index in [2.05, 4.69) is 47.3 Å². The fraction of sp³-hybridized carbons (Fsp3) is 0.550. The van der Waals surface area contributed by atoms with Gasteiger partial charge < -0.3 is 10.6 Å². The number of halogens is 1. The Morgan fingerprint density at radius 2 is 2.04 bits per heavy atom. The summed E-state index contributed by atoms with van der Waals surface area (Å²) in [5.74, 6) is -0.341. The monoisotopic (exact) mass is 435 g/mol. The van der Waals surface area contributed by atoms with Crippen molar-refractivity contribution in [3.8, 4) is 0 Å². The van der Waals surface area contributed by atoms with Crippen LogP contribution in [0.15, 0.2) is 22.7 Å². The van der Waals surface area contributed by atoms with Gasteiger partial charge in [0.1, 0.15) is 12.1 Å². The van der Waals surface area contributed by atoms with Gasteiger partial charge in [0.25, 0.3) is 5.91 Å². The highest BCUT2D eigenvalue weighted by Crippen LogP contribution is 2.46. The molecule has 7 heteroatoms. The molecule has 1 aromatic rings. The zero-order valence-electron chi connectivity index (χ0n) is 16.2. The van der Waals surface area contributed by atoms with E-state index in [0.717, 1.165) is 21.4 Å². The number of anilines is 1. The minimum absolute atomic E-state index is 0.0339. The Hall–Kier alpha value is -1.89. The third kappa shape index (κ3) is 4.03. The second kappa shape index (κ2) is 6.93. The Morgan fingerprint density at radius 1 is 1.33 bits per heavy atom. The van der Waals surface area contributed by atoms with E-state index in [-0.39, 0.29) is 23.8 Å². The fourth-order valence-corrected chi connectivity index (χ4v) is 4.96. The molecule has 1 saturated carbocycles. The largest absolute Gasteiger partial charge is 0.325 e. The van der Waals surface area contributed by atoms with Gasteiger partial charge in [0.2, 0.25) is 5.91 Å². The van der Waals surface area contributed by atoms with Crippen molar-refractivity contribution in [3.63, 3.8) is 0 Å². The Bertz CT molecular complexity index is 808. The zero-order valence-corrected chi connectivity index (χ0v) is 17.8. The van der Waals surface area contributed by atoms with Crippen LogP contribution in [0, 0.1) is 18.3 Å². The predicted molar refractivity (Wildman–Crippen MR) is 107 cm³/mol. The molecule has 2 unspecified atom stereocenters. The minimum atomic E-state index is -0.882. The van der Waals surface area contributed by atoms with Gasteiger partial charge in [-0.25, -0.2) is 4.79 Å². The van der Waals surface area contributed by atoms with E-state index in [1.165, 1.54) is 0 Å². The molecule has 1 aromatic carbocycles. The molecule has 2 N–H and O–H groups in total. The number of benzene rings is 1. The number of urea groups is 1. The summed E-state index contributed by atoms with van der Waals surface area (Å²) in [6, 6.07) is 4.97. The molecule has 0 radical (unpaired) electrons. The minimum Gasteiger partial charge on any atom is -0.325 e. The molecule has 4 amide bonds. The molecule has 1 saturated heterocycles. The van der Waals surface area contributed by atoms with Crippen LogP contribution in [0.3, 0.4) is 0 Å². The van der Waals surface area contributed by atoms with E-state index in [1.54, 1.807) is 6.07 Å². The van der Waals surface area contributed by atoms with Gasteiger partial charge in [-0.05, 0) is 61.3 Å². The van der Waals surface area contributed by atoms with Gasteiger partial charge >= 0.3 is 6.03 Å². The highest BCUT2D eigenvalue weighted by molar-refractivity contribution is 9.10. The van der Waals surface area contributed by atoms with Crippen molar-refractivity contribution in [2.45, 2.75) is 52.5 Å². The lowest BCUT2D eigenvalue weighted by atomic mass is 9.64. The summed E-state index contributed by atoms with van der Waals surface area (Å²) < 4.78 is 0.950. The number of carbonyl (C=O) groups is 3. The highest BCUT2D eigenvalue weighted by Gasteiger charge is 2.56. The van der Waals surface area contributed by atoms with E-state index in [4.69, 9.17) is 0 Å². The molecule has 146 valence electrons. The Balaban J connectivity index is 1.72. The first-order chi connectivity index (χ1) is 12.5. The number of nitrogens with zero attached hydrogens (tertiary/aromatic N) is 1. The van der Waals surface area contributed by atoms with Crippen molar-refractivity contribution in [2.75, 3.05) is 11.9 Å². The van der Waals surface area contributed by atoms with Crippen molar-refractivity contribution in [2.24, 2.45) is 11.3 Å². The molecule has 3 rings (SSSR count). The summed E-state index contributed by atoms with van der Waals surface area (Å²) in [5.41, 5.74) is 0.704. The maximum Gasteiger partial charge on any atom is 0.325 e. The van der Waals surface area contributed by atoms with Crippen LogP contribution in [0.2, 0.25) is 0 Å². The summed E-state index contributed by atoms with van der Waals surface area (Å²) in [7, 11) is 0. The van der Waals surface area contributed by atoms with E-state index >= 15 is 0 Å². The lowest BCUT2D eigenvalue weighted by Crippen LogP contribution is -2.54. The Labute approximate surface area is 168 Å². The van der Waals surface area contributed by atoms with Crippen LogP contribution in [-0.4, -0.2) is 34.8 Å². The molecule has 6 nitrogen and oxygen atoms in total. The van der Waals surface area contributed by atoms with Crippen LogP contribution in [0.25, 0.3) is 0 Å². The van der Waals surface area contributed by atoms with E-state index in [0.29, 0.717) is 24.4 Å². The van der Waals surface area contributed by atoms with Crippen molar-refractivity contribution in [1.82, 2.24) is 10.2 Å². The highest BCUT2D eigenvalue weighted by atomic mass is 79.9. The first-order valence-electron chi connectivity index (χ1n) is 9.21. The summed E-state index contributed by atoms with van der Waals surface area (Å²) in [5, 5.41) is 5.65. The fourth-order valence-electron chi connectivity index (χ4n) is 4.72. The topological polar surface area (TPSA) is 78.5 Å². The first-order valence-corrected chi connectivity index (χ1v) is 10.0. The van der Waals surface area contributed by atoms with Crippen LogP contribution in [0.1, 0.15) is 45.6 Å². The zero-order chi connectivity index (χ0) is 20.0. The molecule has 27 heavy (non-hydrogen) atoms. The van der Waals surface area contributed by atoms with Crippen LogP contribution >= 0.6 is 15.9 Å². The van der Waals surface area contributed by atoms with Gasteiger partial charge in [-0.1, -0.05) is 36.7 Å². The molecule has 2 atom stereocenters. The number of nitrogens with one attached hydrogen (secondary N) is 2. The second-order valence-electron chi connectivity index (χ2n) is 8.77. The SMILES string of the molecule is Cc1cc(NC(=O)CN2C(=O)NC3(CC(C)CC(C)(C)C3)C2=O)ccc1Br. The predicted octanol–water partition coefficient (Wildman–Crippen LogP) is 3.83.